The Morgan fingerprint density at radius 3 is 2.92 bits per heavy atom. The third-order valence-corrected chi connectivity index (χ3v) is 5.22. The average molecular weight is 369 g/mol. The molecule has 6 nitrogen and oxygen atoms in total. The summed E-state index contributed by atoms with van der Waals surface area (Å²) in [5, 5.41) is 6.50. The maximum absolute atomic E-state index is 12.6. The number of amides is 1. The number of rotatable bonds is 5. The van der Waals surface area contributed by atoms with E-state index in [2.05, 4.69) is 41.4 Å². The molecular weight excluding hydrogens is 340 g/mol. The van der Waals surface area contributed by atoms with Crippen LogP contribution in [-0.4, -0.2) is 44.7 Å². The summed E-state index contributed by atoms with van der Waals surface area (Å²) in [5.41, 5.74) is 7.42. The Morgan fingerprint density at radius 2 is 2.16 bits per heavy atom. The quantitative estimate of drug-likeness (QED) is 0.623. The van der Waals surface area contributed by atoms with Crippen molar-refractivity contribution in [1.82, 2.24) is 21.5 Å². The largest absolute Gasteiger partial charge is 0.497 e. The van der Waals surface area contributed by atoms with Gasteiger partial charge in [-0.25, -0.2) is 5.43 Å². The fourth-order valence-corrected chi connectivity index (χ4v) is 3.54. The molecule has 7 heteroatoms. The third kappa shape index (κ3) is 4.44. The lowest BCUT2D eigenvalue weighted by Gasteiger charge is -2.29. The molecule has 0 spiro atoms. The molecule has 0 saturated carbocycles. The van der Waals surface area contributed by atoms with Crippen LogP contribution in [0.1, 0.15) is 25.8 Å². The van der Waals surface area contributed by atoms with Gasteiger partial charge in [-0.1, -0.05) is 26.0 Å². The molecule has 3 atom stereocenters. The van der Waals surface area contributed by atoms with Crippen LogP contribution >= 0.6 is 12.4 Å². The van der Waals surface area contributed by atoms with Crippen LogP contribution in [0.15, 0.2) is 24.3 Å². The van der Waals surface area contributed by atoms with Crippen LogP contribution in [0.4, 0.5) is 0 Å². The maximum atomic E-state index is 12.6. The molecule has 1 aromatic carbocycles. The van der Waals surface area contributed by atoms with Gasteiger partial charge in [-0.2, -0.15) is 0 Å². The van der Waals surface area contributed by atoms with Crippen molar-refractivity contribution < 1.29 is 9.53 Å². The number of hydrogen-bond donors (Lipinski definition) is 4. The summed E-state index contributed by atoms with van der Waals surface area (Å²) in [7, 11) is 1.67. The molecule has 3 unspecified atom stereocenters. The number of nitrogens with one attached hydrogen (secondary N) is 4. The first-order valence-corrected chi connectivity index (χ1v) is 8.65. The summed E-state index contributed by atoms with van der Waals surface area (Å²) in [6.45, 7) is 6.73. The molecule has 140 valence electrons. The van der Waals surface area contributed by atoms with Crippen LogP contribution in [0.5, 0.6) is 5.75 Å². The molecule has 0 aliphatic carbocycles. The van der Waals surface area contributed by atoms with Gasteiger partial charge in [0.05, 0.1) is 7.11 Å². The minimum atomic E-state index is -0.177. The number of piperidine rings is 1. The van der Waals surface area contributed by atoms with Crippen LogP contribution in [0, 0.1) is 5.92 Å². The van der Waals surface area contributed by atoms with Gasteiger partial charge in [0.15, 0.2) is 0 Å². The minimum Gasteiger partial charge on any atom is -0.497 e. The Kier molecular flexibility index (Phi) is 6.68. The lowest BCUT2D eigenvalue weighted by Crippen LogP contribution is -2.51. The van der Waals surface area contributed by atoms with Gasteiger partial charge in [-0.05, 0) is 30.7 Å². The number of hydrogen-bond acceptors (Lipinski definition) is 5. The van der Waals surface area contributed by atoms with Crippen LogP contribution in [0.2, 0.25) is 0 Å². The van der Waals surface area contributed by atoms with Gasteiger partial charge < -0.3 is 15.4 Å². The van der Waals surface area contributed by atoms with Crippen molar-refractivity contribution >= 4 is 18.3 Å². The van der Waals surface area contributed by atoms with E-state index in [-0.39, 0.29) is 29.8 Å². The van der Waals surface area contributed by atoms with Gasteiger partial charge in [0, 0.05) is 30.5 Å². The zero-order chi connectivity index (χ0) is 17.2. The second kappa shape index (κ2) is 8.36. The van der Waals surface area contributed by atoms with Crippen LogP contribution in [0.3, 0.4) is 0 Å². The Bertz CT molecular complexity index is 596. The van der Waals surface area contributed by atoms with E-state index in [1.54, 1.807) is 7.11 Å². The van der Waals surface area contributed by atoms with E-state index < -0.39 is 0 Å². The van der Waals surface area contributed by atoms with Gasteiger partial charge in [-0.3, -0.25) is 10.2 Å². The minimum absolute atomic E-state index is 0. The van der Waals surface area contributed by atoms with Crippen molar-refractivity contribution in [3.63, 3.8) is 0 Å². The fraction of sp³-hybridized carbons (Fsp3) is 0.611. The first kappa shape index (κ1) is 20.0. The van der Waals surface area contributed by atoms with Crippen molar-refractivity contribution in [3.8, 4) is 5.75 Å². The molecule has 2 aliphatic heterocycles. The van der Waals surface area contributed by atoms with Gasteiger partial charge in [0.2, 0.25) is 5.91 Å². The molecule has 2 heterocycles. The summed E-state index contributed by atoms with van der Waals surface area (Å²) < 4.78 is 5.30. The highest BCUT2D eigenvalue weighted by molar-refractivity contribution is 5.85. The van der Waals surface area contributed by atoms with Gasteiger partial charge in [-0.15, -0.1) is 12.4 Å². The first-order chi connectivity index (χ1) is 11.5. The highest BCUT2D eigenvalue weighted by atomic mass is 35.5. The number of fused-ring (bicyclic) bond motifs is 1. The van der Waals surface area contributed by atoms with Crippen molar-refractivity contribution in [2.24, 2.45) is 5.92 Å². The highest BCUT2D eigenvalue weighted by Crippen LogP contribution is 2.26. The van der Waals surface area contributed by atoms with E-state index in [4.69, 9.17) is 4.74 Å². The van der Waals surface area contributed by atoms with E-state index in [1.807, 2.05) is 18.2 Å². The molecule has 2 saturated heterocycles. The molecule has 4 N–H and O–H groups in total. The van der Waals surface area contributed by atoms with E-state index in [9.17, 15) is 4.79 Å². The second-order valence-corrected chi connectivity index (χ2v) is 7.36. The second-order valence-electron chi connectivity index (χ2n) is 7.36. The number of hydrazine groups is 1. The zero-order valence-corrected chi connectivity index (χ0v) is 15.9. The van der Waals surface area contributed by atoms with Crippen LogP contribution < -0.4 is 26.2 Å². The predicted octanol–water partition coefficient (Wildman–Crippen LogP) is 0.965. The molecule has 0 bridgehead atoms. The van der Waals surface area contributed by atoms with Crippen LogP contribution in [0.25, 0.3) is 0 Å². The molecular formula is C18H29ClN4O2. The van der Waals surface area contributed by atoms with E-state index >= 15 is 0 Å². The summed E-state index contributed by atoms with van der Waals surface area (Å²) >= 11 is 0. The Labute approximate surface area is 155 Å². The summed E-state index contributed by atoms with van der Waals surface area (Å²) in [4.78, 5) is 12.6. The SMILES string of the molecule is COc1cccc(C(C)(C)CNC(=O)C2NNC3CCNCC32)c1.Cl. The number of carbonyl (C=O) groups excluding carboxylic acids is 1. The number of halogens is 1. The topological polar surface area (TPSA) is 74.4 Å². The standard InChI is InChI=1S/C18H28N4O2.ClH/c1-18(2,12-5-4-6-13(9-12)24-3)11-20-17(23)16-14-10-19-8-7-15(14)21-22-16;/h4-6,9,14-16,19,21-22H,7-8,10-11H2,1-3H3,(H,20,23);1H. The van der Waals surface area contributed by atoms with Gasteiger partial charge in [0.1, 0.15) is 11.8 Å². The van der Waals surface area contributed by atoms with Crippen molar-refractivity contribution in [2.75, 3.05) is 26.7 Å². The summed E-state index contributed by atoms with van der Waals surface area (Å²) in [6, 6.07) is 8.23. The summed E-state index contributed by atoms with van der Waals surface area (Å²) in [6.07, 6.45) is 1.05. The lowest BCUT2D eigenvalue weighted by atomic mass is 9.84. The average Bonchev–Trinajstić information content (AvgIpc) is 3.04. The van der Waals surface area contributed by atoms with E-state index in [1.165, 1.54) is 0 Å². The predicted molar refractivity (Wildman–Crippen MR) is 101 cm³/mol. The molecule has 2 fully saturated rings. The van der Waals surface area contributed by atoms with Gasteiger partial charge in [0.25, 0.3) is 0 Å². The molecule has 25 heavy (non-hydrogen) atoms. The van der Waals surface area contributed by atoms with Gasteiger partial charge >= 0.3 is 0 Å². The number of methoxy groups -OCH3 is 1. The maximum Gasteiger partial charge on any atom is 0.238 e. The lowest BCUT2D eigenvalue weighted by molar-refractivity contribution is -0.124. The number of ether oxygens (including phenoxy) is 1. The number of benzene rings is 1. The number of carbonyl (C=O) groups is 1. The molecule has 0 aromatic heterocycles. The normalized spacial score (nSPS) is 25.6. The first-order valence-electron chi connectivity index (χ1n) is 8.65. The highest BCUT2D eigenvalue weighted by Gasteiger charge is 2.41. The van der Waals surface area contributed by atoms with Crippen molar-refractivity contribution in [2.45, 2.75) is 37.8 Å². The molecule has 1 aromatic rings. The fourth-order valence-electron chi connectivity index (χ4n) is 3.54. The Balaban J connectivity index is 0.00000225. The smallest absolute Gasteiger partial charge is 0.238 e. The van der Waals surface area contributed by atoms with Crippen molar-refractivity contribution in [3.05, 3.63) is 29.8 Å². The van der Waals surface area contributed by atoms with Crippen molar-refractivity contribution in [1.29, 1.82) is 0 Å². The molecule has 1 amide bonds. The monoisotopic (exact) mass is 368 g/mol. The molecule has 2 aliphatic rings. The Hall–Kier alpha value is -1.34. The van der Waals surface area contributed by atoms with Crippen LogP contribution in [-0.2, 0) is 10.2 Å². The van der Waals surface area contributed by atoms with E-state index in [0.29, 0.717) is 18.5 Å². The zero-order valence-electron chi connectivity index (χ0n) is 15.1. The molecule has 0 radical (unpaired) electrons. The molecule has 3 rings (SSSR count). The Morgan fingerprint density at radius 1 is 1.36 bits per heavy atom. The van der Waals surface area contributed by atoms with E-state index in [0.717, 1.165) is 30.8 Å². The third-order valence-electron chi connectivity index (χ3n) is 5.22. The summed E-state index contributed by atoms with van der Waals surface area (Å²) in [5.74, 6) is 1.21.